The average molecular weight is 398 g/mol. The van der Waals surface area contributed by atoms with Crippen LogP contribution in [0.5, 0.6) is 0 Å². The number of hydrogen-bond acceptors (Lipinski definition) is 2. The molecule has 1 fully saturated rings. The summed E-state index contributed by atoms with van der Waals surface area (Å²) in [5, 5.41) is 2.55. The van der Waals surface area contributed by atoms with Crippen molar-refractivity contribution in [3.8, 4) is 17.2 Å². The Kier molecular flexibility index (Phi) is 4.38. The van der Waals surface area contributed by atoms with Gasteiger partial charge in [-0.1, -0.05) is 36.3 Å². The number of fused-ring (bicyclic) bond motifs is 3. The lowest BCUT2D eigenvalue weighted by Crippen LogP contribution is -2.30. The second kappa shape index (κ2) is 7.06. The Hall–Kier alpha value is -3.09. The van der Waals surface area contributed by atoms with E-state index in [0.29, 0.717) is 5.56 Å². The van der Waals surface area contributed by atoms with Crippen LogP contribution in [0.2, 0.25) is 0 Å². The number of benzene rings is 3. The zero-order chi connectivity index (χ0) is 19.8. The van der Waals surface area contributed by atoms with Crippen LogP contribution in [0.25, 0.3) is 25.1 Å². The highest BCUT2D eigenvalue weighted by molar-refractivity contribution is 7.50. The topological polar surface area (TPSA) is 26.3 Å². The second-order valence-electron chi connectivity index (χ2n) is 7.56. The molecule has 0 spiro atoms. The Morgan fingerprint density at radius 2 is 1.52 bits per heavy atom. The number of terminal acetylenes is 1. The predicted molar refractivity (Wildman–Crippen MR) is 121 cm³/mol. The van der Waals surface area contributed by atoms with E-state index in [1.807, 2.05) is 18.2 Å². The average Bonchev–Trinajstić information content (AvgIpc) is 3.37. The van der Waals surface area contributed by atoms with Gasteiger partial charge in [-0.2, -0.15) is 0 Å². The summed E-state index contributed by atoms with van der Waals surface area (Å²) < 4.78 is 8.42. The molecule has 1 aliphatic rings. The molecular weight excluding hydrogens is 376 g/mol. The van der Waals surface area contributed by atoms with Gasteiger partial charge in [0.1, 0.15) is 0 Å². The number of hydrogen-bond donors (Lipinski definition) is 0. The van der Waals surface area contributed by atoms with Gasteiger partial charge in [-0.15, -0.1) is 6.42 Å². The fraction of sp³-hybridized carbons (Fsp3) is 0.192. The minimum Gasteiger partial charge on any atom is -0.442 e. The molecule has 0 atom stereocenters. The molecule has 5 rings (SSSR count). The Balaban J connectivity index is 1.60. The highest BCUT2D eigenvalue weighted by Gasteiger charge is 2.36. The van der Waals surface area contributed by atoms with Crippen molar-refractivity contribution in [2.45, 2.75) is 31.3 Å². The molecule has 0 aliphatic heterocycles. The third-order valence-corrected chi connectivity index (χ3v) is 8.09. The molecule has 0 unspecified atom stereocenters. The smallest absolute Gasteiger partial charge is 0.339 e. The Morgan fingerprint density at radius 1 is 0.897 bits per heavy atom. The molecule has 142 valence electrons. The predicted octanol–water partition coefficient (Wildman–Crippen LogP) is 6.83. The molecule has 0 saturated heterocycles. The molecule has 0 amide bonds. The van der Waals surface area contributed by atoms with Crippen LogP contribution in [-0.4, -0.2) is 11.6 Å². The summed E-state index contributed by atoms with van der Waals surface area (Å²) in [6.07, 6.45) is 9.22. The zero-order valence-electron chi connectivity index (χ0n) is 16.1. The maximum Gasteiger partial charge on any atom is 0.339 e. The Bertz CT molecular complexity index is 1220. The van der Waals surface area contributed by atoms with E-state index in [9.17, 15) is 4.79 Å². The summed E-state index contributed by atoms with van der Waals surface area (Å²) in [6, 6.07) is 24.9. The third-order valence-electron chi connectivity index (χ3n) is 5.77. The van der Waals surface area contributed by atoms with Crippen LogP contribution in [0.15, 0.2) is 72.8 Å². The number of thiophene rings is 1. The van der Waals surface area contributed by atoms with Gasteiger partial charge in [-0.3, -0.25) is 0 Å². The number of rotatable bonds is 3. The van der Waals surface area contributed by atoms with Crippen molar-refractivity contribution in [1.82, 2.24) is 0 Å². The van der Waals surface area contributed by atoms with Crippen LogP contribution in [-0.2, 0) is 4.74 Å². The van der Waals surface area contributed by atoms with E-state index in [2.05, 4.69) is 60.5 Å². The van der Waals surface area contributed by atoms with Gasteiger partial charge < -0.3 is 4.74 Å². The van der Waals surface area contributed by atoms with Crippen LogP contribution in [0, 0.1) is 12.3 Å². The molecule has 2 nitrogen and oxygen atoms in total. The van der Waals surface area contributed by atoms with E-state index in [4.69, 9.17) is 11.2 Å². The molecule has 0 N–H and O–H groups in total. The molecule has 29 heavy (non-hydrogen) atoms. The molecule has 1 saturated carbocycles. The number of carbonyl (C=O) groups excluding carboxylic acids is 1. The summed E-state index contributed by atoms with van der Waals surface area (Å²) >= 11 is 0. The fourth-order valence-electron chi connectivity index (χ4n) is 4.32. The summed E-state index contributed by atoms with van der Waals surface area (Å²) in [7, 11) is -0.232. The lowest BCUT2D eigenvalue weighted by molar-refractivity contribution is 0.0104. The molecule has 4 aromatic rings. The minimum atomic E-state index is -0.734. The lowest BCUT2D eigenvalue weighted by atomic mass is 10.0. The first-order valence-corrected chi connectivity index (χ1v) is 11.2. The van der Waals surface area contributed by atoms with E-state index in [-0.39, 0.29) is 16.4 Å². The highest BCUT2D eigenvalue weighted by atomic mass is 32.2. The fourth-order valence-corrected chi connectivity index (χ4v) is 6.74. The van der Waals surface area contributed by atoms with Gasteiger partial charge in [0.05, 0.1) is 5.56 Å². The molecule has 3 heteroatoms. The standard InChI is InChI=1S/C26H21O2S/c1-2-26(16-7-8-17-26)28-25(27)19-10-9-11-20(18-19)29-23-14-5-3-12-21(23)22-13-4-6-15-24(22)29/h1,3-6,9-15,18H,7-8,16-17H2/q+1. The lowest BCUT2D eigenvalue weighted by Gasteiger charge is -2.22. The highest BCUT2D eigenvalue weighted by Crippen LogP contribution is 2.48. The Labute approximate surface area is 173 Å². The largest absolute Gasteiger partial charge is 0.442 e. The molecule has 3 aromatic carbocycles. The van der Waals surface area contributed by atoms with Crippen LogP contribution >= 0.6 is 10.5 Å². The first kappa shape index (κ1) is 18.0. The van der Waals surface area contributed by atoms with Crippen molar-refractivity contribution < 1.29 is 9.53 Å². The van der Waals surface area contributed by atoms with Crippen LogP contribution in [0.1, 0.15) is 36.0 Å². The molecule has 0 bridgehead atoms. The summed E-state index contributed by atoms with van der Waals surface area (Å²) in [5.74, 6) is 2.41. The molecule has 1 heterocycles. The zero-order valence-corrected chi connectivity index (χ0v) is 16.9. The first-order chi connectivity index (χ1) is 14.2. The van der Waals surface area contributed by atoms with E-state index in [1.165, 1.54) is 20.2 Å². The van der Waals surface area contributed by atoms with E-state index < -0.39 is 5.60 Å². The summed E-state index contributed by atoms with van der Waals surface area (Å²) in [6.45, 7) is 0. The molecule has 1 aliphatic carbocycles. The van der Waals surface area contributed by atoms with Gasteiger partial charge in [0.25, 0.3) is 0 Å². The second-order valence-corrected chi connectivity index (χ2v) is 9.53. The molecule has 0 radical (unpaired) electrons. The van der Waals surface area contributed by atoms with Crippen molar-refractivity contribution in [1.29, 1.82) is 0 Å². The van der Waals surface area contributed by atoms with Gasteiger partial charge in [0.2, 0.25) is 0 Å². The number of ether oxygens (including phenoxy) is 1. The van der Waals surface area contributed by atoms with Crippen LogP contribution < -0.4 is 0 Å². The molecular formula is C26H21O2S+. The van der Waals surface area contributed by atoms with Crippen molar-refractivity contribution in [2.75, 3.05) is 0 Å². The van der Waals surface area contributed by atoms with Crippen molar-refractivity contribution >= 4 is 36.6 Å². The van der Waals surface area contributed by atoms with Crippen LogP contribution in [0.4, 0.5) is 0 Å². The van der Waals surface area contributed by atoms with E-state index in [0.717, 1.165) is 30.6 Å². The quantitative estimate of drug-likeness (QED) is 0.215. The maximum absolute atomic E-state index is 12.9. The van der Waals surface area contributed by atoms with Crippen molar-refractivity contribution in [3.05, 3.63) is 78.4 Å². The van der Waals surface area contributed by atoms with Gasteiger partial charge in [-0.05, 0) is 62.1 Å². The molecule has 1 aromatic heterocycles. The van der Waals surface area contributed by atoms with Gasteiger partial charge in [0.15, 0.2) is 19.9 Å². The van der Waals surface area contributed by atoms with Crippen molar-refractivity contribution in [3.63, 3.8) is 0 Å². The SMILES string of the molecule is C#CC1(OC(=O)c2cccc(-[s+]3c4ccccc4c4ccccc43)c2)CCCC1. The number of carbonyl (C=O) groups is 1. The summed E-state index contributed by atoms with van der Waals surface area (Å²) in [4.78, 5) is 14.0. The van der Waals surface area contributed by atoms with Gasteiger partial charge in [0, 0.05) is 27.3 Å². The summed E-state index contributed by atoms with van der Waals surface area (Å²) in [5.41, 5.74) is -0.166. The van der Waals surface area contributed by atoms with E-state index in [1.54, 1.807) is 0 Å². The van der Waals surface area contributed by atoms with Crippen molar-refractivity contribution in [2.24, 2.45) is 0 Å². The third kappa shape index (κ3) is 3.01. The maximum atomic E-state index is 12.9. The monoisotopic (exact) mass is 397 g/mol. The minimum absolute atomic E-state index is 0.232. The van der Waals surface area contributed by atoms with Gasteiger partial charge in [-0.25, -0.2) is 4.79 Å². The normalized spacial score (nSPS) is 15.4. The Morgan fingerprint density at radius 3 is 2.14 bits per heavy atom. The van der Waals surface area contributed by atoms with E-state index >= 15 is 0 Å². The first-order valence-electron chi connectivity index (χ1n) is 9.95. The van der Waals surface area contributed by atoms with Crippen LogP contribution in [0.3, 0.4) is 0 Å². The number of esters is 1. The van der Waals surface area contributed by atoms with Gasteiger partial charge >= 0.3 is 5.97 Å².